The van der Waals surface area contributed by atoms with Crippen molar-refractivity contribution in [2.75, 3.05) is 13.1 Å². The molecule has 0 aromatic heterocycles. The van der Waals surface area contributed by atoms with Crippen LogP contribution in [0.25, 0.3) is 0 Å². The highest BCUT2D eigenvalue weighted by Crippen LogP contribution is 2.36. The first-order chi connectivity index (χ1) is 9.10. The van der Waals surface area contributed by atoms with Crippen LogP contribution >= 0.6 is 0 Å². The first-order valence-corrected chi connectivity index (χ1v) is 6.69. The highest BCUT2D eigenvalue weighted by atomic mass is 16.1. The number of hydrogen-bond acceptors (Lipinski definition) is 2. The average Bonchev–Trinajstić information content (AvgIpc) is 3.09. The van der Waals surface area contributed by atoms with Crippen LogP contribution in [0.3, 0.4) is 0 Å². The first kappa shape index (κ1) is 13.6. The van der Waals surface area contributed by atoms with E-state index >= 15 is 0 Å². The van der Waals surface area contributed by atoms with E-state index in [1.165, 1.54) is 6.42 Å². The highest BCUT2D eigenvalue weighted by molar-refractivity contribution is 5.94. The molecule has 2 unspecified atom stereocenters. The predicted octanol–water partition coefficient (Wildman–Crippen LogP) is 1.69. The Hall–Kier alpha value is -1.79. The van der Waals surface area contributed by atoms with Crippen LogP contribution in [0.5, 0.6) is 0 Å². The van der Waals surface area contributed by atoms with E-state index in [-0.39, 0.29) is 5.91 Å². The van der Waals surface area contributed by atoms with E-state index in [1.807, 2.05) is 25.1 Å². The van der Waals surface area contributed by atoms with Crippen LogP contribution in [0.2, 0.25) is 0 Å². The lowest BCUT2D eigenvalue weighted by Gasteiger charge is -2.06. The van der Waals surface area contributed by atoms with E-state index in [2.05, 4.69) is 24.1 Å². The number of nitrogens with one attached hydrogen (secondary N) is 1. The standard InChI is InChI=1S/C16H20N2O/c1-11-6-13(4-3-5-17)9-14(7-11)16(19)18-10-15-8-12(15)2/h6-7,9,12,15H,5,8,10,17H2,1-2H3,(H,18,19). The molecule has 19 heavy (non-hydrogen) atoms. The van der Waals surface area contributed by atoms with Crippen LogP contribution in [-0.4, -0.2) is 19.0 Å². The molecule has 1 aliphatic carbocycles. The third-order valence-electron chi connectivity index (χ3n) is 3.48. The van der Waals surface area contributed by atoms with Gasteiger partial charge in [0.25, 0.3) is 5.91 Å². The molecule has 2 rings (SSSR count). The molecule has 0 bridgehead atoms. The van der Waals surface area contributed by atoms with E-state index in [0.717, 1.165) is 23.6 Å². The lowest BCUT2D eigenvalue weighted by atomic mass is 10.1. The van der Waals surface area contributed by atoms with Crippen LogP contribution in [-0.2, 0) is 0 Å². The van der Waals surface area contributed by atoms with Crippen molar-refractivity contribution in [3.8, 4) is 11.8 Å². The fraction of sp³-hybridized carbons (Fsp3) is 0.438. The van der Waals surface area contributed by atoms with Crippen LogP contribution in [0.4, 0.5) is 0 Å². The van der Waals surface area contributed by atoms with Crippen LogP contribution < -0.4 is 11.1 Å². The van der Waals surface area contributed by atoms with E-state index in [1.54, 1.807) is 0 Å². The number of amides is 1. The molecule has 1 fully saturated rings. The minimum Gasteiger partial charge on any atom is -0.352 e. The lowest BCUT2D eigenvalue weighted by molar-refractivity contribution is 0.0951. The number of carbonyl (C=O) groups is 1. The van der Waals surface area contributed by atoms with Crippen LogP contribution in [0.1, 0.15) is 34.8 Å². The molecule has 100 valence electrons. The highest BCUT2D eigenvalue weighted by Gasteiger charge is 2.32. The number of hydrogen-bond donors (Lipinski definition) is 2. The van der Waals surface area contributed by atoms with E-state index in [9.17, 15) is 4.79 Å². The molecule has 0 radical (unpaired) electrons. The normalized spacial score (nSPS) is 20.4. The van der Waals surface area contributed by atoms with Gasteiger partial charge in [0, 0.05) is 17.7 Å². The maximum absolute atomic E-state index is 12.1. The molecule has 1 aromatic carbocycles. The minimum atomic E-state index is -0.0152. The van der Waals surface area contributed by atoms with Gasteiger partial charge < -0.3 is 11.1 Å². The molecule has 0 heterocycles. The third-order valence-corrected chi connectivity index (χ3v) is 3.48. The number of carbonyl (C=O) groups excluding carboxylic acids is 1. The van der Waals surface area contributed by atoms with Gasteiger partial charge >= 0.3 is 0 Å². The zero-order valence-electron chi connectivity index (χ0n) is 11.5. The van der Waals surface area contributed by atoms with Crippen molar-refractivity contribution >= 4 is 5.91 Å². The average molecular weight is 256 g/mol. The molecular formula is C16H20N2O. The lowest BCUT2D eigenvalue weighted by Crippen LogP contribution is -2.26. The Labute approximate surface area is 114 Å². The van der Waals surface area contributed by atoms with Gasteiger partial charge in [0.2, 0.25) is 0 Å². The second-order valence-electron chi connectivity index (χ2n) is 5.28. The van der Waals surface area contributed by atoms with Crippen molar-refractivity contribution in [3.63, 3.8) is 0 Å². The summed E-state index contributed by atoms with van der Waals surface area (Å²) in [7, 11) is 0. The van der Waals surface area contributed by atoms with Crippen molar-refractivity contribution in [2.24, 2.45) is 17.6 Å². The molecule has 1 aliphatic rings. The second-order valence-corrected chi connectivity index (χ2v) is 5.28. The SMILES string of the molecule is Cc1cc(C#CCN)cc(C(=O)NCC2CC2C)c1. The molecule has 3 nitrogen and oxygen atoms in total. The van der Waals surface area contributed by atoms with Gasteiger partial charge in [-0.05, 0) is 48.9 Å². The maximum Gasteiger partial charge on any atom is 0.251 e. The number of nitrogens with two attached hydrogens (primary N) is 1. The summed E-state index contributed by atoms with van der Waals surface area (Å²) in [6.07, 6.45) is 1.22. The van der Waals surface area contributed by atoms with Crippen molar-refractivity contribution < 1.29 is 4.79 Å². The fourth-order valence-corrected chi connectivity index (χ4v) is 2.15. The molecular weight excluding hydrogens is 236 g/mol. The van der Waals surface area contributed by atoms with Gasteiger partial charge in [0.1, 0.15) is 0 Å². The van der Waals surface area contributed by atoms with Crippen LogP contribution in [0.15, 0.2) is 18.2 Å². The topological polar surface area (TPSA) is 55.1 Å². The van der Waals surface area contributed by atoms with Crippen LogP contribution in [0, 0.1) is 30.6 Å². The molecule has 3 heteroatoms. The monoisotopic (exact) mass is 256 g/mol. The summed E-state index contributed by atoms with van der Waals surface area (Å²) in [4.78, 5) is 12.1. The number of benzene rings is 1. The zero-order chi connectivity index (χ0) is 13.8. The zero-order valence-corrected chi connectivity index (χ0v) is 11.5. The summed E-state index contributed by atoms with van der Waals surface area (Å²) in [6, 6.07) is 5.67. The summed E-state index contributed by atoms with van der Waals surface area (Å²) < 4.78 is 0. The van der Waals surface area contributed by atoms with E-state index in [4.69, 9.17) is 5.73 Å². The van der Waals surface area contributed by atoms with Gasteiger partial charge in [-0.2, -0.15) is 0 Å². The Morgan fingerprint density at radius 2 is 2.21 bits per heavy atom. The molecule has 2 atom stereocenters. The van der Waals surface area contributed by atoms with E-state index in [0.29, 0.717) is 18.0 Å². The molecule has 1 aromatic rings. The predicted molar refractivity (Wildman–Crippen MR) is 76.7 cm³/mol. The maximum atomic E-state index is 12.1. The van der Waals surface area contributed by atoms with Gasteiger partial charge in [-0.15, -0.1) is 0 Å². The second kappa shape index (κ2) is 5.90. The van der Waals surface area contributed by atoms with Gasteiger partial charge in [0.05, 0.1) is 6.54 Å². The Bertz CT molecular complexity index is 539. The Balaban J connectivity index is 2.05. The Morgan fingerprint density at radius 3 is 2.84 bits per heavy atom. The van der Waals surface area contributed by atoms with Gasteiger partial charge in [0.15, 0.2) is 0 Å². The smallest absolute Gasteiger partial charge is 0.251 e. The van der Waals surface area contributed by atoms with E-state index < -0.39 is 0 Å². The summed E-state index contributed by atoms with van der Waals surface area (Å²) in [5, 5.41) is 2.99. The first-order valence-electron chi connectivity index (χ1n) is 6.69. The summed E-state index contributed by atoms with van der Waals surface area (Å²) in [5.74, 6) is 7.18. The Morgan fingerprint density at radius 1 is 1.47 bits per heavy atom. The van der Waals surface area contributed by atoms with Gasteiger partial charge in [-0.3, -0.25) is 4.79 Å². The number of aryl methyl sites for hydroxylation is 1. The van der Waals surface area contributed by atoms with Crippen molar-refractivity contribution in [1.82, 2.24) is 5.32 Å². The summed E-state index contributed by atoms with van der Waals surface area (Å²) in [5.41, 5.74) is 7.91. The molecule has 3 N–H and O–H groups in total. The van der Waals surface area contributed by atoms with Gasteiger partial charge in [-0.25, -0.2) is 0 Å². The summed E-state index contributed by atoms with van der Waals surface area (Å²) in [6.45, 7) is 5.28. The van der Waals surface area contributed by atoms with Gasteiger partial charge in [-0.1, -0.05) is 18.8 Å². The quantitative estimate of drug-likeness (QED) is 0.809. The molecule has 1 amide bonds. The van der Waals surface area contributed by atoms with Crippen molar-refractivity contribution in [3.05, 3.63) is 34.9 Å². The molecule has 1 saturated carbocycles. The summed E-state index contributed by atoms with van der Waals surface area (Å²) >= 11 is 0. The molecule has 0 saturated heterocycles. The number of rotatable bonds is 3. The molecule has 0 aliphatic heterocycles. The molecule has 0 spiro atoms. The largest absolute Gasteiger partial charge is 0.352 e. The third kappa shape index (κ3) is 3.84. The minimum absolute atomic E-state index is 0.0152. The fourth-order valence-electron chi connectivity index (χ4n) is 2.15. The van der Waals surface area contributed by atoms with Crippen molar-refractivity contribution in [2.45, 2.75) is 20.3 Å². The van der Waals surface area contributed by atoms with Crippen molar-refractivity contribution in [1.29, 1.82) is 0 Å². The Kier molecular flexibility index (Phi) is 4.24.